The minimum atomic E-state index is -0.723. The topological polar surface area (TPSA) is 106 Å². The predicted octanol–water partition coefficient (Wildman–Crippen LogP) is 2.46. The number of Topliss-reactive ketones (excluding diaryl/α,β-unsaturated/α-hetero) is 1. The predicted molar refractivity (Wildman–Crippen MR) is 86.8 cm³/mol. The zero-order valence-electron chi connectivity index (χ0n) is 13.1. The normalized spacial score (nSPS) is 10.2. The van der Waals surface area contributed by atoms with Crippen molar-refractivity contribution in [1.82, 2.24) is 4.57 Å². The van der Waals surface area contributed by atoms with Crippen molar-refractivity contribution in [2.45, 2.75) is 26.3 Å². The highest BCUT2D eigenvalue weighted by Crippen LogP contribution is 2.12. The summed E-state index contributed by atoms with van der Waals surface area (Å²) in [7, 11) is 0. The van der Waals surface area contributed by atoms with Gasteiger partial charge in [0.05, 0.1) is 17.7 Å². The van der Waals surface area contributed by atoms with Gasteiger partial charge in [-0.25, -0.2) is 0 Å². The Labute approximate surface area is 137 Å². The Bertz CT molecular complexity index is 876. The number of pyridine rings is 1. The highest BCUT2D eigenvalue weighted by atomic mass is 16.6. The van der Waals surface area contributed by atoms with E-state index in [1.807, 2.05) is 12.1 Å². The van der Waals surface area contributed by atoms with E-state index in [4.69, 9.17) is 5.26 Å². The summed E-state index contributed by atoms with van der Waals surface area (Å²) in [6.45, 7) is 1.70. The molecule has 1 aromatic heterocycles. The number of aryl methyl sites for hydroxylation is 1. The van der Waals surface area contributed by atoms with Gasteiger partial charge in [-0.3, -0.25) is 24.3 Å². The molecule has 0 aliphatic rings. The van der Waals surface area contributed by atoms with Gasteiger partial charge in [0.25, 0.3) is 11.2 Å². The molecule has 24 heavy (non-hydrogen) atoms. The summed E-state index contributed by atoms with van der Waals surface area (Å²) in [6.07, 6.45) is 2.88. The van der Waals surface area contributed by atoms with Crippen LogP contribution in [0.4, 0.5) is 5.69 Å². The third kappa shape index (κ3) is 3.73. The maximum absolute atomic E-state index is 12.3. The number of carbonyl (C=O) groups is 1. The number of nitrogens with zero attached hydrogens (tertiary/aromatic N) is 3. The number of hydrogen-bond donors (Lipinski definition) is 0. The van der Waals surface area contributed by atoms with Gasteiger partial charge in [-0.2, -0.15) is 5.26 Å². The average molecular weight is 325 g/mol. The first kappa shape index (κ1) is 17.1. The van der Waals surface area contributed by atoms with Crippen LogP contribution in [0.3, 0.4) is 0 Å². The van der Waals surface area contributed by atoms with E-state index in [1.54, 1.807) is 18.2 Å². The first-order valence-electron chi connectivity index (χ1n) is 7.37. The van der Waals surface area contributed by atoms with Crippen LogP contribution >= 0.6 is 0 Å². The number of hydrogen-bond acceptors (Lipinski definition) is 5. The Hall–Kier alpha value is -3.27. The molecule has 0 atom stereocenters. The van der Waals surface area contributed by atoms with Gasteiger partial charge in [-0.15, -0.1) is 0 Å². The average Bonchev–Trinajstić information content (AvgIpc) is 2.57. The third-order valence-corrected chi connectivity index (χ3v) is 3.53. The number of rotatable bonds is 6. The van der Waals surface area contributed by atoms with Crippen LogP contribution in [0.2, 0.25) is 0 Å². The van der Waals surface area contributed by atoms with Gasteiger partial charge in [-0.1, -0.05) is 37.6 Å². The summed E-state index contributed by atoms with van der Waals surface area (Å²) < 4.78 is 0.902. The van der Waals surface area contributed by atoms with E-state index in [1.165, 1.54) is 0 Å². The summed E-state index contributed by atoms with van der Waals surface area (Å²) in [5.74, 6) is -0.357. The number of nitro groups is 1. The van der Waals surface area contributed by atoms with Crippen molar-refractivity contribution in [3.05, 3.63) is 73.7 Å². The largest absolute Gasteiger partial charge is 0.300 e. The summed E-state index contributed by atoms with van der Waals surface area (Å²) in [5, 5.41) is 19.8. The van der Waals surface area contributed by atoms with Gasteiger partial charge in [0.2, 0.25) is 0 Å². The van der Waals surface area contributed by atoms with Crippen molar-refractivity contribution in [2.24, 2.45) is 0 Å². The lowest BCUT2D eigenvalue weighted by atomic mass is 10.1. The molecule has 0 saturated heterocycles. The monoisotopic (exact) mass is 325 g/mol. The molecule has 2 aromatic rings. The van der Waals surface area contributed by atoms with Crippen LogP contribution in [0.1, 0.15) is 34.8 Å². The van der Waals surface area contributed by atoms with Gasteiger partial charge in [0.1, 0.15) is 11.6 Å². The molecule has 0 N–H and O–H groups in total. The second-order valence-electron chi connectivity index (χ2n) is 5.28. The second-order valence-corrected chi connectivity index (χ2v) is 5.28. The van der Waals surface area contributed by atoms with Crippen molar-refractivity contribution in [1.29, 1.82) is 5.26 Å². The van der Waals surface area contributed by atoms with Crippen molar-refractivity contribution < 1.29 is 9.72 Å². The lowest BCUT2D eigenvalue weighted by Crippen LogP contribution is -2.26. The van der Waals surface area contributed by atoms with E-state index in [0.29, 0.717) is 5.56 Å². The molecule has 122 valence electrons. The fourth-order valence-corrected chi connectivity index (χ4v) is 2.31. The van der Waals surface area contributed by atoms with Crippen molar-refractivity contribution in [3.63, 3.8) is 0 Å². The van der Waals surface area contributed by atoms with Crippen molar-refractivity contribution in [3.8, 4) is 6.07 Å². The zero-order chi connectivity index (χ0) is 17.7. The van der Waals surface area contributed by atoms with Crippen LogP contribution < -0.4 is 5.56 Å². The van der Waals surface area contributed by atoms with Crippen molar-refractivity contribution >= 4 is 11.5 Å². The van der Waals surface area contributed by atoms with E-state index in [-0.39, 0.29) is 17.9 Å². The van der Waals surface area contributed by atoms with Crippen LogP contribution in [-0.2, 0) is 13.0 Å². The lowest BCUT2D eigenvalue weighted by molar-refractivity contribution is -0.385. The van der Waals surface area contributed by atoms with Crippen LogP contribution in [0, 0.1) is 21.4 Å². The fraction of sp³-hybridized carbons (Fsp3) is 0.235. The van der Waals surface area contributed by atoms with Crippen LogP contribution in [0.5, 0.6) is 0 Å². The molecule has 1 heterocycles. The Kier molecular flexibility index (Phi) is 5.22. The standard InChI is InChI=1S/C17H15N3O4/c1-2-3-12-4-6-13(7-5-12)16(21)11-19-10-15(20(23)24)8-14(9-18)17(19)22/h4-8,10H,2-3,11H2,1H3. The van der Waals surface area contributed by atoms with E-state index in [0.717, 1.165) is 35.2 Å². The smallest absolute Gasteiger partial charge is 0.287 e. The third-order valence-electron chi connectivity index (χ3n) is 3.53. The molecule has 0 amide bonds. The Morgan fingerprint density at radius 1 is 1.33 bits per heavy atom. The van der Waals surface area contributed by atoms with E-state index < -0.39 is 16.2 Å². The molecule has 7 nitrogen and oxygen atoms in total. The molecular weight excluding hydrogens is 310 g/mol. The number of aromatic nitrogens is 1. The van der Waals surface area contributed by atoms with Gasteiger partial charge >= 0.3 is 0 Å². The molecule has 1 aromatic carbocycles. The number of nitriles is 1. The Morgan fingerprint density at radius 2 is 2.00 bits per heavy atom. The summed E-state index contributed by atoms with van der Waals surface area (Å²) in [4.78, 5) is 34.5. The van der Waals surface area contributed by atoms with E-state index >= 15 is 0 Å². The van der Waals surface area contributed by atoms with Crippen LogP contribution in [0.15, 0.2) is 41.3 Å². The molecule has 0 fully saturated rings. The highest BCUT2D eigenvalue weighted by molar-refractivity contribution is 5.95. The minimum absolute atomic E-state index is 0.357. The van der Waals surface area contributed by atoms with Gasteiger partial charge in [-0.05, 0) is 12.0 Å². The van der Waals surface area contributed by atoms with Gasteiger partial charge in [0, 0.05) is 11.6 Å². The van der Waals surface area contributed by atoms with Crippen LogP contribution in [0.25, 0.3) is 0 Å². The second kappa shape index (κ2) is 7.33. The maximum Gasteiger partial charge on any atom is 0.287 e. The molecule has 0 aliphatic heterocycles. The maximum atomic E-state index is 12.3. The molecular formula is C17H15N3O4. The van der Waals surface area contributed by atoms with Crippen LogP contribution in [-0.4, -0.2) is 15.3 Å². The molecule has 0 aliphatic carbocycles. The fourth-order valence-electron chi connectivity index (χ4n) is 2.31. The quantitative estimate of drug-likeness (QED) is 0.461. The molecule has 0 saturated carbocycles. The molecule has 0 radical (unpaired) electrons. The first-order valence-corrected chi connectivity index (χ1v) is 7.37. The summed E-state index contributed by atoms with van der Waals surface area (Å²) in [5.41, 5.74) is 0.0201. The molecule has 7 heteroatoms. The molecule has 0 spiro atoms. The first-order chi connectivity index (χ1) is 11.5. The SMILES string of the molecule is CCCc1ccc(C(=O)Cn2cc([N+](=O)[O-])cc(C#N)c2=O)cc1. The Morgan fingerprint density at radius 3 is 2.54 bits per heavy atom. The number of carbonyl (C=O) groups excluding carboxylic acids is 1. The van der Waals surface area contributed by atoms with E-state index in [9.17, 15) is 19.7 Å². The van der Waals surface area contributed by atoms with Gasteiger partial charge in [0.15, 0.2) is 5.78 Å². The number of ketones is 1. The highest BCUT2D eigenvalue weighted by Gasteiger charge is 2.16. The molecule has 0 bridgehead atoms. The Balaban J connectivity index is 2.31. The summed E-state index contributed by atoms with van der Waals surface area (Å²) in [6, 6.07) is 9.54. The van der Waals surface area contributed by atoms with E-state index in [2.05, 4.69) is 6.92 Å². The zero-order valence-corrected chi connectivity index (χ0v) is 13.1. The molecule has 2 rings (SSSR count). The number of benzene rings is 1. The van der Waals surface area contributed by atoms with Gasteiger partial charge < -0.3 is 0 Å². The lowest BCUT2D eigenvalue weighted by Gasteiger charge is -2.06. The van der Waals surface area contributed by atoms with Crippen molar-refractivity contribution in [2.75, 3.05) is 0 Å². The molecule has 0 unspecified atom stereocenters. The summed E-state index contributed by atoms with van der Waals surface area (Å²) >= 11 is 0. The minimum Gasteiger partial charge on any atom is -0.300 e.